The Bertz CT molecular complexity index is 364. The first-order valence-electron chi connectivity index (χ1n) is 5.48. The van der Waals surface area contributed by atoms with Gasteiger partial charge in [-0.2, -0.15) is 11.8 Å². The van der Waals surface area contributed by atoms with Crippen LogP contribution in [0, 0.1) is 0 Å². The van der Waals surface area contributed by atoms with Crippen molar-refractivity contribution >= 4 is 35.0 Å². The minimum Gasteiger partial charge on any atom is -0.326 e. The summed E-state index contributed by atoms with van der Waals surface area (Å²) in [5.41, 5.74) is 7.38. The lowest BCUT2D eigenvalue weighted by Gasteiger charge is -2.18. The molecule has 2 rings (SSSR count). The molecule has 0 spiro atoms. The topological polar surface area (TPSA) is 26.0 Å². The van der Waals surface area contributed by atoms with Gasteiger partial charge in [-0.05, 0) is 42.7 Å². The first-order chi connectivity index (χ1) is 7.66. The molecule has 1 aromatic carbocycles. The number of hydrogen-bond acceptors (Lipinski definition) is 2. The normalized spacial score (nSPS) is 22.3. The molecule has 1 saturated heterocycles. The maximum absolute atomic E-state index is 6.20. The van der Waals surface area contributed by atoms with Gasteiger partial charge in [0.25, 0.3) is 0 Å². The summed E-state index contributed by atoms with van der Waals surface area (Å²) >= 11 is 13.8. The van der Waals surface area contributed by atoms with Crippen molar-refractivity contribution in [1.29, 1.82) is 0 Å². The molecule has 4 heteroatoms. The van der Waals surface area contributed by atoms with Crippen molar-refractivity contribution in [3.63, 3.8) is 0 Å². The van der Waals surface area contributed by atoms with Crippen LogP contribution in [0.4, 0.5) is 0 Å². The predicted octanol–water partition coefficient (Wildman–Crippen LogP) is 3.76. The van der Waals surface area contributed by atoms with Crippen LogP contribution in [-0.2, 0) is 6.42 Å². The first kappa shape index (κ1) is 12.6. The summed E-state index contributed by atoms with van der Waals surface area (Å²) in [4.78, 5) is 0. The van der Waals surface area contributed by atoms with Crippen LogP contribution in [0.3, 0.4) is 0 Å². The van der Waals surface area contributed by atoms with Gasteiger partial charge in [-0.25, -0.2) is 0 Å². The smallest absolute Gasteiger partial charge is 0.0595 e. The molecule has 0 aliphatic carbocycles. The van der Waals surface area contributed by atoms with Gasteiger partial charge < -0.3 is 5.73 Å². The Morgan fingerprint density at radius 1 is 1.38 bits per heavy atom. The Kier molecular flexibility index (Phi) is 4.42. The standard InChI is InChI=1S/C12H15Cl2NS/c13-9-4-3-8(6-10(9)14)7-11(15)12-2-1-5-16-12/h3-4,6,11-12H,1-2,5,7,15H2. The molecule has 2 atom stereocenters. The third-order valence-corrected chi connectivity index (χ3v) is 5.17. The van der Waals surface area contributed by atoms with Gasteiger partial charge in [0.15, 0.2) is 0 Å². The van der Waals surface area contributed by atoms with E-state index < -0.39 is 0 Å². The molecule has 1 aliphatic rings. The largest absolute Gasteiger partial charge is 0.326 e. The van der Waals surface area contributed by atoms with E-state index >= 15 is 0 Å². The van der Waals surface area contributed by atoms with Crippen LogP contribution in [0.25, 0.3) is 0 Å². The van der Waals surface area contributed by atoms with Crippen molar-refractivity contribution in [2.45, 2.75) is 30.6 Å². The molecule has 88 valence electrons. The molecule has 1 fully saturated rings. The van der Waals surface area contributed by atoms with E-state index in [1.807, 2.05) is 30.0 Å². The van der Waals surface area contributed by atoms with Crippen molar-refractivity contribution < 1.29 is 0 Å². The monoisotopic (exact) mass is 275 g/mol. The van der Waals surface area contributed by atoms with Crippen LogP contribution in [0.15, 0.2) is 18.2 Å². The molecule has 2 N–H and O–H groups in total. The lowest BCUT2D eigenvalue weighted by atomic mass is 10.0. The first-order valence-corrected chi connectivity index (χ1v) is 7.28. The second-order valence-corrected chi connectivity index (χ2v) is 6.33. The highest BCUT2D eigenvalue weighted by Gasteiger charge is 2.22. The van der Waals surface area contributed by atoms with Crippen molar-refractivity contribution in [2.24, 2.45) is 5.73 Å². The zero-order valence-electron chi connectivity index (χ0n) is 8.96. The van der Waals surface area contributed by atoms with E-state index in [1.54, 1.807) is 0 Å². The van der Waals surface area contributed by atoms with E-state index in [2.05, 4.69) is 0 Å². The van der Waals surface area contributed by atoms with E-state index in [0.29, 0.717) is 15.3 Å². The third kappa shape index (κ3) is 3.07. The Morgan fingerprint density at radius 2 is 2.19 bits per heavy atom. The predicted molar refractivity (Wildman–Crippen MR) is 73.6 cm³/mol. The van der Waals surface area contributed by atoms with Gasteiger partial charge in [-0.1, -0.05) is 29.3 Å². The Morgan fingerprint density at radius 3 is 2.81 bits per heavy atom. The Labute approximate surface area is 111 Å². The van der Waals surface area contributed by atoms with E-state index in [9.17, 15) is 0 Å². The summed E-state index contributed by atoms with van der Waals surface area (Å²) in [6.07, 6.45) is 3.42. The maximum Gasteiger partial charge on any atom is 0.0595 e. The minimum absolute atomic E-state index is 0.227. The molecular formula is C12H15Cl2NS. The van der Waals surface area contributed by atoms with E-state index in [-0.39, 0.29) is 6.04 Å². The molecule has 0 amide bonds. The van der Waals surface area contributed by atoms with Gasteiger partial charge in [-0.3, -0.25) is 0 Å². The number of nitrogens with two attached hydrogens (primary N) is 1. The van der Waals surface area contributed by atoms with Crippen molar-refractivity contribution in [3.05, 3.63) is 33.8 Å². The number of rotatable bonds is 3. The SMILES string of the molecule is NC(Cc1ccc(Cl)c(Cl)c1)C1CCCS1. The second-order valence-electron chi connectivity index (χ2n) is 4.17. The van der Waals surface area contributed by atoms with Crippen molar-refractivity contribution in [2.75, 3.05) is 5.75 Å². The molecule has 0 radical (unpaired) electrons. The van der Waals surface area contributed by atoms with Crippen LogP contribution in [0.2, 0.25) is 10.0 Å². The highest BCUT2D eigenvalue weighted by atomic mass is 35.5. The quantitative estimate of drug-likeness (QED) is 0.909. The average Bonchev–Trinajstić information content (AvgIpc) is 2.77. The van der Waals surface area contributed by atoms with Crippen LogP contribution < -0.4 is 5.73 Å². The summed E-state index contributed by atoms with van der Waals surface area (Å²) in [6.45, 7) is 0. The van der Waals surface area contributed by atoms with Crippen molar-refractivity contribution in [3.8, 4) is 0 Å². The summed E-state index contributed by atoms with van der Waals surface area (Å²) in [5.74, 6) is 1.25. The van der Waals surface area contributed by atoms with Gasteiger partial charge >= 0.3 is 0 Å². The zero-order valence-corrected chi connectivity index (χ0v) is 11.3. The highest BCUT2D eigenvalue weighted by Crippen LogP contribution is 2.30. The molecule has 1 heterocycles. The zero-order chi connectivity index (χ0) is 11.5. The lowest BCUT2D eigenvalue weighted by molar-refractivity contribution is 0.609. The lowest BCUT2D eigenvalue weighted by Crippen LogP contribution is -2.33. The van der Waals surface area contributed by atoms with Crippen LogP contribution in [0.1, 0.15) is 18.4 Å². The van der Waals surface area contributed by atoms with Crippen LogP contribution in [-0.4, -0.2) is 17.0 Å². The summed E-state index contributed by atoms with van der Waals surface area (Å²) in [5, 5.41) is 1.83. The fraction of sp³-hybridized carbons (Fsp3) is 0.500. The van der Waals surface area contributed by atoms with E-state index in [4.69, 9.17) is 28.9 Å². The molecule has 0 saturated carbocycles. The van der Waals surface area contributed by atoms with E-state index in [0.717, 1.165) is 6.42 Å². The third-order valence-electron chi connectivity index (χ3n) is 2.90. The van der Waals surface area contributed by atoms with Crippen LogP contribution >= 0.6 is 35.0 Å². The molecular weight excluding hydrogens is 261 g/mol. The van der Waals surface area contributed by atoms with Gasteiger partial charge in [-0.15, -0.1) is 0 Å². The second kappa shape index (κ2) is 5.63. The van der Waals surface area contributed by atoms with Crippen LogP contribution in [0.5, 0.6) is 0 Å². The number of thioether (sulfide) groups is 1. The Hall–Kier alpha value is 0.110. The van der Waals surface area contributed by atoms with E-state index in [1.165, 1.54) is 24.2 Å². The summed E-state index contributed by atoms with van der Waals surface area (Å²) < 4.78 is 0. The van der Waals surface area contributed by atoms with Gasteiger partial charge in [0.05, 0.1) is 10.0 Å². The fourth-order valence-corrected chi connectivity index (χ4v) is 3.64. The molecule has 2 unspecified atom stereocenters. The molecule has 16 heavy (non-hydrogen) atoms. The molecule has 1 aliphatic heterocycles. The van der Waals surface area contributed by atoms with Gasteiger partial charge in [0.1, 0.15) is 0 Å². The number of hydrogen-bond donors (Lipinski definition) is 1. The number of halogens is 2. The highest BCUT2D eigenvalue weighted by molar-refractivity contribution is 8.00. The minimum atomic E-state index is 0.227. The summed E-state index contributed by atoms with van der Waals surface area (Å²) in [6, 6.07) is 6.00. The number of benzene rings is 1. The van der Waals surface area contributed by atoms with Gasteiger partial charge in [0.2, 0.25) is 0 Å². The van der Waals surface area contributed by atoms with Gasteiger partial charge in [0, 0.05) is 11.3 Å². The molecule has 0 aromatic heterocycles. The Balaban J connectivity index is 1.99. The fourth-order valence-electron chi connectivity index (χ4n) is 2.01. The van der Waals surface area contributed by atoms with Crippen molar-refractivity contribution in [1.82, 2.24) is 0 Å². The molecule has 1 nitrogen and oxygen atoms in total. The molecule has 1 aromatic rings. The average molecular weight is 276 g/mol. The maximum atomic E-state index is 6.20. The molecule has 0 bridgehead atoms. The summed E-state index contributed by atoms with van der Waals surface area (Å²) in [7, 11) is 0.